The van der Waals surface area contributed by atoms with Gasteiger partial charge in [-0.3, -0.25) is 4.90 Å². The van der Waals surface area contributed by atoms with Gasteiger partial charge in [-0.1, -0.05) is 6.92 Å². The summed E-state index contributed by atoms with van der Waals surface area (Å²) in [6.07, 6.45) is 3.30. The first kappa shape index (κ1) is 12.0. The second-order valence-electron chi connectivity index (χ2n) is 4.62. The monoisotopic (exact) mass is 200 g/mol. The van der Waals surface area contributed by atoms with Crippen molar-refractivity contribution in [3.05, 3.63) is 0 Å². The van der Waals surface area contributed by atoms with Crippen molar-refractivity contribution >= 4 is 0 Å². The van der Waals surface area contributed by atoms with Crippen molar-refractivity contribution in [3.63, 3.8) is 0 Å². The molecule has 1 rings (SSSR count). The van der Waals surface area contributed by atoms with Crippen molar-refractivity contribution in [2.75, 3.05) is 33.7 Å². The predicted octanol–water partition coefficient (Wildman–Crippen LogP) is 0.783. The maximum Gasteiger partial charge on any atom is 0.0664 e. The Kier molecular flexibility index (Phi) is 4.85. The fraction of sp³-hybridized carbons (Fsp3) is 1.00. The van der Waals surface area contributed by atoms with Gasteiger partial charge in [0.15, 0.2) is 0 Å². The standard InChI is InChI=1S/C11H24N2O/c1-4-11(14)9-13-7-5-6-10(13)8-12(2)3/h10-11,14H,4-9H2,1-3H3. The van der Waals surface area contributed by atoms with Crippen molar-refractivity contribution in [3.8, 4) is 0 Å². The summed E-state index contributed by atoms with van der Waals surface area (Å²) in [5.74, 6) is 0. The normalized spacial score (nSPS) is 25.9. The van der Waals surface area contributed by atoms with Gasteiger partial charge in [0.25, 0.3) is 0 Å². The summed E-state index contributed by atoms with van der Waals surface area (Å²) in [6.45, 7) is 5.18. The van der Waals surface area contributed by atoms with Crippen molar-refractivity contribution in [2.45, 2.75) is 38.3 Å². The van der Waals surface area contributed by atoms with Crippen LogP contribution in [0.1, 0.15) is 26.2 Å². The highest BCUT2D eigenvalue weighted by molar-refractivity contribution is 4.82. The van der Waals surface area contributed by atoms with E-state index in [4.69, 9.17) is 0 Å². The van der Waals surface area contributed by atoms with Crippen molar-refractivity contribution in [1.82, 2.24) is 9.80 Å². The summed E-state index contributed by atoms with van der Waals surface area (Å²) >= 11 is 0. The fourth-order valence-electron chi connectivity index (χ4n) is 2.16. The van der Waals surface area contributed by atoms with E-state index >= 15 is 0 Å². The van der Waals surface area contributed by atoms with Gasteiger partial charge < -0.3 is 10.0 Å². The number of likely N-dealkylation sites (N-methyl/N-ethyl adjacent to an activating group) is 1. The molecule has 2 unspecified atom stereocenters. The number of rotatable bonds is 5. The first-order valence-corrected chi connectivity index (χ1v) is 5.70. The van der Waals surface area contributed by atoms with Crippen LogP contribution in [0.3, 0.4) is 0 Å². The smallest absolute Gasteiger partial charge is 0.0664 e. The van der Waals surface area contributed by atoms with Gasteiger partial charge >= 0.3 is 0 Å². The molecule has 1 saturated heterocycles. The van der Waals surface area contributed by atoms with E-state index < -0.39 is 0 Å². The van der Waals surface area contributed by atoms with Crippen molar-refractivity contribution in [2.24, 2.45) is 0 Å². The summed E-state index contributed by atoms with van der Waals surface area (Å²) < 4.78 is 0. The molecule has 1 N–H and O–H groups in total. The summed E-state index contributed by atoms with van der Waals surface area (Å²) in [5, 5.41) is 9.61. The topological polar surface area (TPSA) is 26.7 Å². The number of hydrogen-bond donors (Lipinski definition) is 1. The van der Waals surface area contributed by atoms with Crippen LogP contribution in [0.2, 0.25) is 0 Å². The second kappa shape index (κ2) is 5.69. The molecule has 0 saturated carbocycles. The predicted molar refractivity (Wildman–Crippen MR) is 59.4 cm³/mol. The highest BCUT2D eigenvalue weighted by atomic mass is 16.3. The van der Waals surface area contributed by atoms with E-state index in [1.54, 1.807) is 0 Å². The lowest BCUT2D eigenvalue weighted by molar-refractivity contribution is 0.0952. The van der Waals surface area contributed by atoms with E-state index in [2.05, 4.69) is 23.9 Å². The summed E-state index contributed by atoms with van der Waals surface area (Å²) in [6, 6.07) is 0.659. The van der Waals surface area contributed by atoms with E-state index in [1.165, 1.54) is 12.8 Å². The van der Waals surface area contributed by atoms with Crippen LogP contribution in [0.4, 0.5) is 0 Å². The van der Waals surface area contributed by atoms with Crippen LogP contribution < -0.4 is 0 Å². The third kappa shape index (κ3) is 3.56. The lowest BCUT2D eigenvalue weighted by Gasteiger charge is -2.28. The van der Waals surface area contributed by atoms with Crippen LogP contribution in [0.25, 0.3) is 0 Å². The first-order chi connectivity index (χ1) is 6.63. The number of β-amino-alcohol motifs (C(OH)–C–C–N with tert-alkyl or cyclic N) is 1. The number of aliphatic hydroxyl groups is 1. The Balaban J connectivity index is 2.35. The van der Waals surface area contributed by atoms with Gasteiger partial charge in [-0.2, -0.15) is 0 Å². The largest absolute Gasteiger partial charge is 0.392 e. The quantitative estimate of drug-likeness (QED) is 0.710. The Morgan fingerprint density at radius 3 is 2.79 bits per heavy atom. The Morgan fingerprint density at radius 2 is 2.21 bits per heavy atom. The van der Waals surface area contributed by atoms with Gasteiger partial charge in [0.05, 0.1) is 6.10 Å². The molecule has 0 aromatic heterocycles. The molecule has 1 aliphatic heterocycles. The zero-order valence-electron chi connectivity index (χ0n) is 9.74. The van der Waals surface area contributed by atoms with Crippen LogP contribution in [0.5, 0.6) is 0 Å². The van der Waals surface area contributed by atoms with Gasteiger partial charge in [0, 0.05) is 19.1 Å². The summed E-state index contributed by atoms with van der Waals surface area (Å²) in [7, 11) is 4.24. The average Bonchev–Trinajstić information content (AvgIpc) is 2.52. The summed E-state index contributed by atoms with van der Waals surface area (Å²) in [4.78, 5) is 4.68. The number of likely N-dealkylation sites (tertiary alicyclic amines) is 1. The lowest BCUT2D eigenvalue weighted by Crippen LogP contribution is -2.41. The molecular formula is C11H24N2O. The molecule has 0 spiro atoms. The highest BCUT2D eigenvalue weighted by Gasteiger charge is 2.25. The minimum absolute atomic E-state index is 0.141. The van der Waals surface area contributed by atoms with Gasteiger partial charge in [0.2, 0.25) is 0 Å². The highest BCUT2D eigenvalue weighted by Crippen LogP contribution is 2.18. The molecule has 0 aromatic carbocycles. The van der Waals surface area contributed by atoms with Crippen molar-refractivity contribution in [1.29, 1.82) is 0 Å². The molecule has 84 valence electrons. The maximum absolute atomic E-state index is 9.61. The zero-order valence-corrected chi connectivity index (χ0v) is 9.74. The maximum atomic E-state index is 9.61. The van der Waals surface area contributed by atoms with Crippen LogP contribution in [0, 0.1) is 0 Å². The lowest BCUT2D eigenvalue weighted by atomic mass is 10.2. The Morgan fingerprint density at radius 1 is 1.50 bits per heavy atom. The van der Waals surface area contributed by atoms with Crippen LogP contribution in [0.15, 0.2) is 0 Å². The second-order valence-corrected chi connectivity index (χ2v) is 4.62. The van der Waals surface area contributed by atoms with Gasteiger partial charge in [-0.05, 0) is 39.9 Å². The minimum atomic E-state index is -0.141. The van der Waals surface area contributed by atoms with Gasteiger partial charge in [-0.15, -0.1) is 0 Å². The summed E-state index contributed by atoms with van der Waals surface area (Å²) in [5.41, 5.74) is 0. The molecule has 2 atom stereocenters. The fourth-order valence-corrected chi connectivity index (χ4v) is 2.16. The molecule has 0 bridgehead atoms. The Bertz CT molecular complexity index is 161. The van der Waals surface area contributed by atoms with E-state index in [0.717, 1.165) is 26.1 Å². The van der Waals surface area contributed by atoms with Crippen LogP contribution in [-0.4, -0.2) is 60.8 Å². The Labute approximate surface area is 87.7 Å². The average molecular weight is 200 g/mol. The molecule has 1 aliphatic rings. The molecule has 3 nitrogen and oxygen atoms in total. The molecular weight excluding hydrogens is 176 g/mol. The first-order valence-electron chi connectivity index (χ1n) is 5.70. The molecule has 14 heavy (non-hydrogen) atoms. The van der Waals surface area contributed by atoms with E-state index in [0.29, 0.717) is 6.04 Å². The van der Waals surface area contributed by atoms with E-state index in [-0.39, 0.29) is 6.10 Å². The molecule has 1 heterocycles. The van der Waals surface area contributed by atoms with Gasteiger partial charge in [-0.25, -0.2) is 0 Å². The third-order valence-corrected chi connectivity index (χ3v) is 2.99. The molecule has 3 heteroatoms. The van der Waals surface area contributed by atoms with E-state index in [9.17, 15) is 5.11 Å². The number of nitrogens with zero attached hydrogens (tertiary/aromatic N) is 2. The Hall–Kier alpha value is -0.120. The molecule has 0 amide bonds. The molecule has 0 aromatic rings. The molecule has 1 fully saturated rings. The molecule has 0 aliphatic carbocycles. The molecule has 0 radical (unpaired) electrons. The minimum Gasteiger partial charge on any atom is -0.392 e. The van der Waals surface area contributed by atoms with Crippen LogP contribution >= 0.6 is 0 Å². The van der Waals surface area contributed by atoms with Crippen molar-refractivity contribution < 1.29 is 5.11 Å². The van der Waals surface area contributed by atoms with Crippen LogP contribution in [-0.2, 0) is 0 Å². The number of aliphatic hydroxyl groups excluding tert-OH is 1. The van der Waals surface area contributed by atoms with E-state index in [1.807, 2.05) is 6.92 Å². The SMILES string of the molecule is CCC(O)CN1CCCC1CN(C)C. The third-order valence-electron chi connectivity index (χ3n) is 2.99. The zero-order chi connectivity index (χ0) is 10.6. The van der Waals surface area contributed by atoms with Gasteiger partial charge in [0.1, 0.15) is 0 Å². The number of hydrogen-bond acceptors (Lipinski definition) is 3.